The molecule has 5 nitrogen and oxygen atoms in total. The number of likely N-dealkylation sites (N-methyl/N-ethyl adjacent to an activating group) is 1. The third-order valence-corrected chi connectivity index (χ3v) is 3.15. The number of aliphatic hydroxyl groups excluding tert-OH is 1. The van der Waals surface area contributed by atoms with Crippen LogP contribution in [0.3, 0.4) is 0 Å². The number of hydrogen-bond acceptors (Lipinski definition) is 4. The fourth-order valence-electron chi connectivity index (χ4n) is 2.13. The van der Waals surface area contributed by atoms with Crippen LogP contribution in [0.1, 0.15) is 10.4 Å². The van der Waals surface area contributed by atoms with E-state index in [4.69, 9.17) is 9.15 Å². The van der Waals surface area contributed by atoms with Gasteiger partial charge in [-0.15, -0.1) is 0 Å². The topological polar surface area (TPSA) is 62.9 Å². The van der Waals surface area contributed by atoms with Gasteiger partial charge in [0.1, 0.15) is 0 Å². The third kappa shape index (κ3) is 3.93. The number of furan rings is 1. The summed E-state index contributed by atoms with van der Waals surface area (Å²) in [4.78, 5) is 13.8. The van der Waals surface area contributed by atoms with Crippen LogP contribution in [0.5, 0.6) is 0 Å². The molecule has 21 heavy (non-hydrogen) atoms. The van der Waals surface area contributed by atoms with Gasteiger partial charge in [0, 0.05) is 31.8 Å². The van der Waals surface area contributed by atoms with Crippen molar-refractivity contribution in [1.29, 1.82) is 0 Å². The summed E-state index contributed by atoms with van der Waals surface area (Å²) in [5.41, 5.74) is 2.41. The van der Waals surface area contributed by atoms with Crippen LogP contribution >= 0.6 is 0 Å². The Morgan fingerprint density at radius 2 is 2.19 bits per heavy atom. The molecule has 0 bridgehead atoms. The van der Waals surface area contributed by atoms with Crippen molar-refractivity contribution < 1.29 is 19.1 Å². The molecule has 5 heteroatoms. The molecular weight excluding hydrogens is 270 g/mol. The summed E-state index contributed by atoms with van der Waals surface area (Å²) in [6, 6.07) is 9.16. The number of benzene rings is 1. The van der Waals surface area contributed by atoms with Gasteiger partial charge in [-0.3, -0.25) is 4.79 Å². The van der Waals surface area contributed by atoms with Crippen molar-refractivity contribution in [3.63, 3.8) is 0 Å². The van der Waals surface area contributed by atoms with Crippen molar-refractivity contribution in [2.45, 2.75) is 6.10 Å². The van der Waals surface area contributed by atoms with Gasteiger partial charge in [0.2, 0.25) is 0 Å². The monoisotopic (exact) mass is 289 g/mol. The second kappa shape index (κ2) is 7.06. The Labute approximate surface area is 123 Å². The summed E-state index contributed by atoms with van der Waals surface area (Å²) in [6.45, 7) is 0.426. The van der Waals surface area contributed by atoms with Gasteiger partial charge in [-0.05, 0) is 23.8 Å². The zero-order chi connectivity index (χ0) is 15.2. The standard InChI is InChI=1S/C16H19NO4/c1-17(9-15(18)11-20-2)16(19)13-5-3-4-12(8-13)14-6-7-21-10-14/h3-8,10,15,18H,9,11H2,1-2H3. The molecule has 1 atom stereocenters. The summed E-state index contributed by atoms with van der Waals surface area (Å²) in [5.74, 6) is -0.143. The Balaban J connectivity index is 2.10. The first kappa shape index (κ1) is 15.3. The largest absolute Gasteiger partial charge is 0.472 e. The van der Waals surface area contributed by atoms with Gasteiger partial charge in [-0.1, -0.05) is 12.1 Å². The molecule has 0 aliphatic rings. The van der Waals surface area contributed by atoms with Crippen LogP contribution < -0.4 is 0 Å². The van der Waals surface area contributed by atoms with Crippen molar-refractivity contribution in [1.82, 2.24) is 4.90 Å². The van der Waals surface area contributed by atoms with E-state index in [-0.39, 0.29) is 19.1 Å². The first-order chi connectivity index (χ1) is 10.1. The van der Waals surface area contributed by atoms with Gasteiger partial charge in [-0.2, -0.15) is 0 Å². The maximum absolute atomic E-state index is 12.4. The minimum absolute atomic E-state index is 0.143. The van der Waals surface area contributed by atoms with Gasteiger partial charge in [0.05, 0.1) is 25.2 Å². The molecule has 0 aliphatic carbocycles. The Kier molecular flexibility index (Phi) is 5.14. The highest BCUT2D eigenvalue weighted by molar-refractivity contribution is 5.95. The number of nitrogens with zero attached hydrogens (tertiary/aromatic N) is 1. The summed E-state index contributed by atoms with van der Waals surface area (Å²) in [7, 11) is 3.17. The van der Waals surface area contributed by atoms with Crippen molar-refractivity contribution in [2.75, 3.05) is 27.3 Å². The van der Waals surface area contributed by atoms with Crippen molar-refractivity contribution in [2.24, 2.45) is 0 Å². The minimum Gasteiger partial charge on any atom is -0.472 e. The average molecular weight is 289 g/mol. The van der Waals surface area contributed by atoms with Gasteiger partial charge in [0.15, 0.2) is 0 Å². The van der Waals surface area contributed by atoms with E-state index in [9.17, 15) is 9.90 Å². The van der Waals surface area contributed by atoms with Crippen molar-refractivity contribution >= 4 is 5.91 Å². The molecule has 1 unspecified atom stereocenters. The van der Waals surface area contributed by atoms with Gasteiger partial charge in [0.25, 0.3) is 5.91 Å². The first-order valence-electron chi connectivity index (χ1n) is 6.67. The quantitative estimate of drug-likeness (QED) is 0.883. The Hall–Kier alpha value is -2.11. The molecule has 0 radical (unpaired) electrons. The van der Waals surface area contributed by atoms with E-state index in [0.29, 0.717) is 5.56 Å². The zero-order valence-corrected chi connectivity index (χ0v) is 12.2. The Morgan fingerprint density at radius 1 is 1.38 bits per heavy atom. The predicted molar refractivity (Wildman–Crippen MR) is 79.0 cm³/mol. The number of carbonyl (C=O) groups excluding carboxylic acids is 1. The molecule has 0 spiro atoms. The van der Waals surface area contributed by atoms with E-state index in [1.54, 1.807) is 25.6 Å². The first-order valence-corrected chi connectivity index (χ1v) is 6.67. The molecule has 1 N–H and O–H groups in total. The average Bonchev–Trinajstić information content (AvgIpc) is 3.01. The maximum Gasteiger partial charge on any atom is 0.253 e. The summed E-state index contributed by atoms with van der Waals surface area (Å²) in [6.07, 6.45) is 2.54. The van der Waals surface area contributed by atoms with Gasteiger partial charge < -0.3 is 19.2 Å². The molecule has 0 saturated heterocycles. The lowest BCUT2D eigenvalue weighted by Gasteiger charge is -2.20. The van der Waals surface area contributed by atoms with E-state index in [0.717, 1.165) is 11.1 Å². The maximum atomic E-state index is 12.4. The highest BCUT2D eigenvalue weighted by Crippen LogP contribution is 2.21. The van der Waals surface area contributed by atoms with E-state index >= 15 is 0 Å². The second-order valence-electron chi connectivity index (χ2n) is 4.89. The lowest BCUT2D eigenvalue weighted by molar-refractivity contribution is 0.0380. The van der Waals surface area contributed by atoms with E-state index in [1.807, 2.05) is 24.3 Å². The summed E-state index contributed by atoms with van der Waals surface area (Å²) < 4.78 is 9.91. The molecular formula is C16H19NO4. The highest BCUT2D eigenvalue weighted by Gasteiger charge is 2.16. The molecule has 1 aromatic carbocycles. The number of rotatable bonds is 6. The number of hydrogen-bond donors (Lipinski definition) is 1. The molecule has 0 saturated carbocycles. The molecule has 112 valence electrons. The summed E-state index contributed by atoms with van der Waals surface area (Å²) >= 11 is 0. The van der Waals surface area contributed by atoms with Crippen LogP contribution in [0.25, 0.3) is 11.1 Å². The number of amides is 1. The SMILES string of the molecule is COCC(O)CN(C)C(=O)c1cccc(-c2ccoc2)c1. The minimum atomic E-state index is -0.694. The number of methoxy groups -OCH3 is 1. The normalized spacial score (nSPS) is 12.1. The van der Waals surface area contributed by atoms with Crippen LogP contribution in [-0.4, -0.2) is 49.3 Å². The summed E-state index contributed by atoms with van der Waals surface area (Å²) in [5, 5.41) is 9.69. The molecule has 1 amide bonds. The van der Waals surface area contributed by atoms with E-state index in [1.165, 1.54) is 12.0 Å². The van der Waals surface area contributed by atoms with Crippen LogP contribution in [0.2, 0.25) is 0 Å². The number of carbonyl (C=O) groups is 1. The number of aliphatic hydroxyl groups is 1. The molecule has 0 aliphatic heterocycles. The highest BCUT2D eigenvalue weighted by atomic mass is 16.5. The van der Waals surface area contributed by atoms with Gasteiger partial charge >= 0.3 is 0 Å². The number of ether oxygens (including phenoxy) is 1. The fraction of sp³-hybridized carbons (Fsp3) is 0.312. The van der Waals surface area contributed by atoms with Crippen LogP contribution in [0, 0.1) is 0 Å². The van der Waals surface area contributed by atoms with E-state index < -0.39 is 6.10 Å². The lowest BCUT2D eigenvalue weighted by Crippen LogP contribution is -2.36. The lowest BCUT2D eigenvalue weighted by atomic mass is 10.1. The Morgan fingerprint density at radius 3 is 2.86 bits per heavy atom. The van der Waals surface area contributed by atoms with Crippen molar-refractivity contribution in [3.8, 4) is 11.1 Å². The molecule has 1 aromatic heterocycles. The van der Waals surface area contributed by atoms with Crippen LogP contribution in [-0.2, 0) is 4.74 Å². The third-order valence-electron chi connectivity index (χ3n) is 3.15. The van der Waals surface area contributed by atoms with Crippen molar-refractivity contribution in [3.05, 3.63) is 48.4 Å². The van der Waals surface area contributed by atoms with Crippen LogP contribution in [0.4, 0.5) is 0 Å². The molecule has 2 aromatic rings. The molecule has 2 rings (SSSR count). The smallest absolute Gasteiger partial charge is 0.253 e. The Bertz CT molecular complexity index is 580. The predicted octanol–water partition coefficient (Wildman–Crippen LogP) is 2.03. The second-order valence-corrected chi connectivity index (χ2v) is 4.89. The van der Waals surface area contributed by atoms with E-state index in [2.05, 4.69) is 0 Å². The fourth-order valence-corrected chi connectivity index (χ4v) is 2.13. The zero-order valence-electron chi connectivity index (χ0n) is 12.2. The van der Waals surface area contributed by atoms with Crippen LogP contribution in [0.15, 0.2) is 47.3 Å². The molecule has 1 heterocycles. The molecule has 0 fully saturated rings. The van der Waals surface area contributed by atoms with Gasteiger partial charge in [-0.25, -0.2) is 0 Å².